The molecule has 1 fully saturated rings. The standard InChI is InChI=1S/C82H143NO10/c1-4-7-10-13-16-19-22-25-27-29-31-33-35-37-39-40-42-44-46-48-51-54-57-60-63-66-69-75(86)81(90)83-73(74(85)68-65-62-59-56-53-50-24-21-18-15-12-9-6-3)72-91-82-80(79(89)78(88)76(71-84)92-82)93-77(87)70-67-64-61-58-55-52-49-47-45-43-41-38-36-34-32-30-28-26-23-20-17-14-11-8-5-2/h8,11,16-17,19-20,25-28,31-34,38,41,65,68,73-76,78-80,82,84-86,88-89H,4-7,9-10,12-15,18,21-24,29-30,35-37,39-40,42-64,66-67,69-72H2,1-3H3,(H,83,90)/b11-8-,19-16-,20-17-,27-25-,28-26-,33-31-,34-32-,41-38-,68-65+. The van der Waals surface area contributed by atoms with E-state index in [9.17, 15) is 35.1 Å². The number of aliphatic hydroxyl groups excluding tert-OH is 5. The van der Waals surface area contributed by atoms with Gasteiger partial charge in [0.2, 0.25) is 5.91 Å². The number of nitrogens with one attached hydrogen (secondary N) is 1. The predicted molar refractivity (Wildman–Crippen MR) is 393 cm³/mol. The van der Waals surface area contributed by atoms with Gasteiger partial charge in [-0.05, 0) is 109 Å². The first-order valence-corrected chi connectivity index (χ1v) is 38.7. The van der Waals surface area contributed by atoms with Crippen LogP contribution in [0, 0.1) is 0 Å². The fraction of sp³-hybridized carbons (Fsp3) is 0.756. The average molecular weight is 1300 g/mol. The van der Waals surface area contributed by atoms with Crippen LogP contribution in [0.2, 0.25) is 0 Å². The Bertz CT molecular complexity index is 1940. The van der Waals surface area contributed by atoms with Gasteiger partial charge in [0.1, 0.15) is 24.4 Å². The summed E-state index contributed by atoms with van der Waals surface area (Å²) in [5.41, 5.74) is 0. The van der Waals surface area contributed by atoms with Crippen LogP contribution in [-0.4, -0.2) is 99.6 Å². The highest BCUT2D eigenvalue weighted by molar-refractivity contribution is 5.80. The van der Waals surface area contributed by atoms with Gasteiger partial charge in [-0.2, -0.15) is 0 Å². The lowest BCUT2D eigenvalue weighted by Gasteiger charge is -2.41. The molecule has 0 spiro atoms. The van der Waals surface area contributed by atoms with Crippen molar-refractivity contribution in [1.82, 2.24) is 5.32 Å². The first-order valence-electron chi connectivity index (χ1n) is 38.7. The molecule has 11 heteroatoms. The number of aliphatic hydroxyl groups is 5. The van der Waals surface area contributed by atoms with E-state index in [1.165, 1.54) is 173 Å². The molecule has 0 aromatic carbocycles. The lowest BCUT2D eigenvalue weighted by Crippen LogP contribution is -2.61. The third kappa shape index (κ3) is 55.1. The normalized spacial score (nSPS) is 18.5. The number of allylic oxidation sites excluding steroid dienone is 17. The molecule has 536 valence electrons. The maximum Gasteiger partial charge on any atom is 0.306 e. The summed E-state index contributed by atoms with van der Waals surface area (Å²) in [5, 5.41) is 57.4. The van der Waals surface area contributed by atoms with Crippen molar-refractivity contribution in [2.24, 2.45) is 0 Å². The summed E-state index contributed by atoms with van der Waals surface area (Å²) in [6.45, 7) is 5.69. The first kappa shape index (κ1) is 87.3. The quantitative estimate of drug-likeness (QED) is 0.0195. The van der Waals surface area contributed by atoms with Crippen molar-refractivity contribution in [3.63, 3.8) is 0 Å². The van der Waals surface area contributed by atoms with Crippen LogP contribution in [0.25, 0.3) is 0 Å². The molecule has 0 bridgehead atoms. The van der Waals surface area contributed by atoms with Crippen LogP contribution in [0.5, 0.6) is 0 Å². The van der Waals surface area contributed by atoms with Crippen LogP contribution in [0.1, 0.15) is 335 Å². The first-order chi connectivity index (χ1) is 45.7. The highest BCUT2D eigenvalue weighted by Crippen LogP contribution is 2.26. The van der Waals surface area contributed by atoms with E-state index >= 15 is 0 Å². The van der Waals surface area contributed by atoms with Crippen LogP contribution in [0.4, 0.5) is 0 Å². The lowest BCUT2D eigenvalue weighted by atomic mass is 9.99. The van der Waals surface area contributed by atoms with Gasteiger partial charge in [0.25, 0.3) is 0 Å². The number of amides is 1. The van der Waals surface area contributed by atoms with E-state index in [2.05, 4.69) is 123 Å². The summed E-state index contributed by atoms with van der Waals surface area (Å²) < 4.78 is 17.7. The van der Waals surface area contributed by atoms with Gasteiger partial charge in [-0.1, -0.05) is 329 Å². The molecule has 1 rings (SSSR count). The van der Waals surface area contributed by atoms with E-state index in [0.717, 1.165) is 116 Å². The van der Waals surface area contributed by atoms with Gasteiger partial charge in [0.15, 0.2) is 12.4 Å². The third-order valence-electron chi connectivity index (χ3n) is 17.7. The summed E-state index contributed by atoms with van der Waals surface area (Å²) in [6, 6.07) is -1.03. The molecular formula is C82H143NO10. The molecule has 8 atom stereocenters. The van der Waals surface area contributed by atoms with Crippen LogP contribution < -0.4 is 5.32 Å². The number of hydrogen-bond donors (Lipinski definition) is 6. The largest absolute Gasteiger partial charge is 0.454 e. The summed E-state index contributed by atoms with van der Waals surface area (Å²) in [5.74, 6) is -1.20. The minimum Gasteiger partial charge on any atom is -0.454 e. The number of unbranched alkanes of at least 4 members (excludes halogenated alkanes) is 36. The van der Waals surface area contributed by atoms with Gasteiger partial charge in [-0.3, -0.25) is 9.59 Å². The molecule has 0 saturated carbocycles. The van der Waals surface area contributed by atoms with Crippen molar-refractivity contribution < 1.29 is 49.3 Å². The monoisotopic (exact) mass is 1300 g/mol. The van der Waals surface area contributed by atoms with Crippen molar-refractivity contribution in [2.45, 2.75) is 384 Å². The fourth-order valence-corrected chi connectivity index (χ4v) is 11.6. The number of esters is 1. The second-order valence-electron chi connectivity index (χ2n) is 26.4. The summed E-state index contributed by atoms with van der Waals surface area (Å²) in [4.78, 5) is 26.8. The SMILES string of the molecule is CC/C=C\C/C=C\C/C=C\C/C=C\C/C=C\CCCCCCCCCCCC(=O)OC1C(OCC(NC(=O)C(O)CCCCCCCCCCCCCCC/C=C\C/C=C\C/C=C\CCCCC)C(O)/C=C/CCCCCCCCCCCCC)OC(CO)C(O)C1O. The van der Waals surface area contributed by atoms with Gasteiger partial charge in [-0.25, -0.2) is 0 Å². The molecule has 8 unspecified atom stereocenters. The molecule has 93 heavy (non-hydrogen) atoms. The molecule has 1 heterocycles. The molecule has 6 N–H and O–H groups in total. The van der Waals surface area contributed by atoms with E-state index in [0.29, 0.717) is 12.8 Å². The van der Waals surface area contributed by atoms with Crippen molar-refractivity contribution in [1.29, 1.82) is 0 Å². The van der Waals surface area contributed by atoms with Gasteiger partial charge in [0.05, 0.1) is 25.4 Å². The maximum absolute atomic E-state index is 13.5. The Labute approximate surface area is 570 Å². The van der Waals surface area contributed by atoms with Crippen molar-refractivity contribution in [2.75, 3.05) is 13.2 Å². The van der Waals surface area contributed by atoms with Gasteiger partial charge in [0, 0.05) is 6.42 Å². The summed E-state index contributed by atoms with van der Waals surface area (Å²) >= 11 is 0. The number of rotatable bonds is 66. The molecule has 0 aromatic rings. The Morgan fingerprint density at radius 1 is 0.430 bits per heavy atom. The van der Waals surface area contributed by atoms with Crippen molar-refractivity contribution in [3.8, 4) is 0 Å². The molecule has 0 radical (unpaired) electrons. The molecule has 0 aliphatic carbocycles. The molecule has 1 saturated heterocycles. The zero-order valence-electron chi connectivity index (χ0n) is 59.9. The Morgan fingerprint density at radius 2 is 0.774 bits per heavy atom. The van der Waals surface area contributed by atoms with Crippen LogP contribution in [-0.2, 0) is 23.8 Å². The third-order valence-corrected chi connectivity index (χ3v) is 17.7. The Kier molecular flexibility index (Phi) is 64.1. The number of ether oxygens (including phenoxy) is 3. The van der Waals surface area contributed by atoms with Crippen LogP contribution >= 0.6 is 0 Å². The fourth-order valence-electron chi connectivity index (χ4n) is 11.6. The van der Waals surface area contributed by atoms with Gasteiger partial charge < -0.3 is 45.1 Å². The molecule has 11 nitrogen and oxygen atoms in total. The van der Waals surface area contributed by atoms with E-state index < -0.39 is 67.4 Å². The van der Waals surface area contributed by atoms with E-state index in [4.69, 9.17) is 14.2 Å². The Morgan fingerprint density at radius 3 is 1.18 bits per heavy atom. The van der Waals surface area contributed by atoms with E-state index in [-0.39, 0.29) is 19.4 Å². The van der Waals surface area contributed by atoms with E-state index in [1.807, 2.05) is 6.08 Å². The van der Waals surface area contributed by atoms with Crippen LogP contribution in [0.3, 0.4) is 0 Å². The summed E-state index contributed by atoms with van der Waals surface area (Å²) in [7, 11) is 0. The predicted octanol–water partition coefficient (Wildman–Crippen LogP) is 20.7. The minimum absolute atomic E-state index is 0.112. The number of carbonyl (C=O) groups excluding carboxylic acids is 2. The molecular weight excluding hydrogens is 1160 g/mol. The van der Waals surface area contributed by atoms with E-state index in [1.54, 1.807) is 6.08 Å². The molecule has 1 amide bonds. The highest BCUT2D eigenvalue weighted by atomic mass is 16.7. The smallest absolute Gasteiger partial charge is 0.306 e. The molecule has 0 aromatic heterocycles. The second-order valence-corrected chi connectivity index (χ2v) is 26.4. The van der Waals surface area contributed by atoms with Crippen molar-refractivity contribution in [3.05, 3.63) is 109 Å². The summed E-state index contributed by atoms with van der Waals surface area (Å²) in [6.07, 6.45) is 84.1. The van der Waals surface area contributed by atoms with Crippen LogP contribution in [0.15, 0.2) is 109 Å². The highest BCUT2D eigenvalue weighted by Gasteiger charge is 2.47. The number of carbonyl (C=O) groups is 2. The minimum atomic E-state index is -1.62. The average Bonchev–Trinajstić information content (AvgIpc) is 0.843. The zero-order valence-corrected chi connectivity index (χ0v) is 59.9. The lowest BCUT2D eigenvalue weighted by molar-refractivity contribution is -0.305. The molecule has 1 aliphatic heterocycles. The Hall–Kier alpha value is -3.68. The Balaban J connectivity index is 2.54. The topological polar surface area (TPSA) is 175 Å². The van der Waals surface area contributed by atoms with Gasteiger partial charge in [-0.15, -0.1) is 0 Å². The maximum atomic E-state index is 13.5. The zero-order chi connectivity index (χ0) is 67.4. The number of hydrogen-bond acceptors (Lipinski definition) is 10. The molecule has 1 aliphatic rings. The van der Waals surface area contributed by atoms with Crippen molar-refractivity contribution >= 4 is 11.9 Å². The second kappa shape index (κ2) is 68.3. The van der Waals surface area contributed by atoms with Gasteiger partial charge >= 0.3 is 5.97 Å².